The summed E-state index contributed by atoms with van der Waals surface area (Å²) in [5.74, 6) is 2.59. The van der Waals surface area contributed by atoms with Gasteiger partial charge in [-0.1, -0.05) is 12.1 Å². The Morgan fingerprint density at radius 1 is 0.833 bits per heavy atom. The van der Waals surface area contributed by atoms with Crippen LogP contribution < -0.4 is 10.6 Å². The second-order valence-corrected chi connectivity index (χ2v) is 5.96. The van der Waals surface area contributed by atoms with E-state index in [4.69, 9.17) is 0 Å². The smallest absolute Gasteiger partial charge is 0.234 e. The zero-order valence-electron chi connectivity index (χ0n) is 9.77. The van der Waals surface area contributed by atoms with Crippen molar-refractivity contribution in [2.75, 3.05) is 33.6 Å². The Morgan fingerprint density at radius 2 is 1.28 bits per heavy atom. The third kappa shape index (κ3) is 3.96. The van der Waals surface area contributed by atoms with Crippen LogP contribution in [0.15, 0.2) is 24.3 Å². The van der Waals surface area contributed by atoms with Crippen LogP contribution in [0.5, 0.6) is 0 Å². The van der Waals surface area contributed by atoms with Gasteiger partial charge in [0.1, 0.15) is 0 Å². The highest BCUT2D eigenvalue weighted by Gasteiger charge is 2.10. The van der Waals surface area contributed by atoms with Crippen molar-refractivity contribution in [2.24, 2.45) is 0 Å². The third-order valence-corrected chi connectivity index (χ3v) is 4.49. The van der Waals surface area contributed by atoms with Gasteiger partial charge in [0, 0.05) is 11.5 Å². The second-order valence-electron chi connectivity index (χ2n) is 3.75. The Morgan fingerprint density at radius 3 is 1.72 bits per heavy atom. The second kappa shape index (κ2) is 6.70. The van der Waals surface area contributed by atoms with Gasteiger partial charge in [0.15, 0.2) is 0 Å². The first-order valence-corrected chi connectivity index (χ1v) is 7.91. The van der Waals surface area contributed by atoms with Gasteiger partial charge in [0.25, 0.3) is 0 Å². The fourth-order valence-corrected chi connectivity index (χ4v) is 3.27. The highest BCUT2D eigenvalue weighted by Crippen LogP contribution is 2.22. The molecule has 0 radical (unpaired) electrons. The summed E-state index contributed by atoms with van der Waals surface area (Å²) in [6.07, 6.45) is 0. The lowest BCUT2D eigenvalue weighted by molar-refractivity contribution is -0.114. The zero-order chi connectivity index (χ0) is 12.8. The Bertz CT molecular complexity index is 410. The van der Waals surface area contributed by atoms with Crippen LogP contribution in [-0.4, -0.2) is 34.8 Å². The topological polar surface area (TPSA) is 58.2 Å². The molecule has 0 bridgehead atoms. The van der Waals surface area contributed by atoms with Crippen LogP contribution in [0.3, 0.4) is 0 Å². The molecular weight excluding hydrogens is 268 g/mol. The lowest BCUT2D eigenvalue weighted by Crippen LogP contribution is -2.20. The largest absolute Gasteiger partial charge is 0.324 e. The summed E-state index contributed by atoms with van der Waals surface area (Å²) in [6, 6.07) is 7.24. The van der Waals surface area contributed by atoms with E-state index in [0.717, 1.165) is 11.5 Å². The monoisotopic (exact) mass is 282 g/mol. The molecule has 0 aromatic heterocycles. The van der Waals surface area contributed by atoms with Gasteiger partial charge in [-0.2, -0.15) is 23.5 Å². The molecule has 1 heterocycles. The molecule has 1 aromatic rings. The van der Waals surface area contributed by atoms with Gasteiger partial charge >= 0.3 is 0 Å². The molecule has 6 heteroatoms. The molecule has 1 aromatic carbocycles. The molecule has 18 heavy (non-hydrogen) atoms. The lowest BCUT2D eigenvalue weighted by atomic mass is 10.2. The molecule has 0 atom stereocenters. The summed E-state index contributed by atoms with van der Waals surface area (Å²) < 4.78 is 0. The Kier molecular flexibility index (Phi) is 4.95. The fourth-order valence-electron chi connectivity index (χ4n) is 1.52. The standard InChI is InChI=1S/C12H14N2O2S2/c15-11-7-17-5-6-18-8-12(16)14-10-4-2-1-3-9(10)13-11/h1-4H,5-8H2,(H,13,15)(H,14,16). The maximum atomic E-state index is 11.7. The van der Waals surface area contributed by atoms with E-state index in [0.29, 0.717) is 22.9 Å². The van der Waals surface area contributed by atoms with Gasteiger partial charge in [-0.05, 0) is 12.1 Å². The lowest BCUT2D eigenvalue weighted by Gasteiger charge is -2.13. The fraction of sp³-hybridized carbons (Fsp3) is 0.333. The van der Waals surface area contributed by atoms with Crippen molar-refractivity contribution >= 4 is 46.7 Å². The summed E-state index contributed by atoms with van der Waals surface area (Å²) in [7, 11) is 0. The molecule has 0 aliphatic carbocycles. The number of nitrogens with one attached hydrogen (secondary N) is 2. The molecule has 1 aliphatic rings. The van der Waals surface area contributed by atoms with Crippen LogP contribution >= 0.6 is 23.5 Å². The summed E-state index contributed by atoms with van der Waals surface area (Å²) in [4.78, 5) is 23.4. The summed E-state index contributed by atoms with van der Waals surface area (Å²) in [5, 5.41) is 5.64. The Labute approximate surface area is 114 Å². The van der Waals surface area contributed by atoms with Crippen molar-refractivity contribution in [3.63, 3.8) is 0 Å². The Balaban J connectivity index is 2.17. The van der Waals surface area contributed by atoms with E-state index in [1.807, 2.05) is 12.1 Å². The van der Waals surface area contributed by atoms with Crippen LogP contribution in [0.4, 0.5) is 11.4 Å². The van der Waals surface area contributed by atoms with Crippen molar-refractivity contribution in [1.29, 1.82) is 0 Å². The van der Waals surface area contributed by atoms with E-state index >= 15 is 0 Å². The van der Waals surface area contributed by atoms with Crippen LogP contribution in [0, 0.1) is 0 Å². The quantitative estimate of drug-likeness (QED) is 0.764. The molecule has 2 amide bonds. The summed E-state index contributed by atoms with van der Waals surface area (Å²) in [5.41, 5.74) is 1.31. The molecule has 0 spiro atoms. The summed E-state index contributed by atoms with van der Waals surface area (Å²) in [6.45, 7) is 0. The van der Waals surface area contributed by atoms with Gasteiger partial charge in [-0.3, -0.25) is 9.59 Å². The van der Waals surface area contributed by atoms with Gasteiger partial charge in [0.05, 0.1) is 22.9 Å². The molecule has 0 saturated heterocycles. The molecule has 2 rings (SSSR count). The van der Waals surface area contributed by atoms with Gasteiger partial charge in [-0.25, -0.2) is 0 Å². The average molecular weight is 282 g/mol. The first-order chi connectivity index (χ1) is 8.75. The molecule has 96 valence electrons. The van der Waals surface area contributed by atoms with E-state index in [1.54, 1.807) is 35.7 Å². The molecule has 4 nitrogen and oxygen atoms in total. The van der Waals surface area contributed by atoms with E-state index in [-0.39, 0.29) is 11.8 Å². The number of carbonyl (C=O) groups is 2. The van der Waals surface area contributed by atoms with Gasteiger partial charge < -0.3 is 10.6 Å². The number of benzene rings is 1. The predicted molar refractivity (Wildman–Crippen MR) is 78.4 cm³/mol. The first kappa shape index (κ1) is 13.3. The van der Waals surface area contributed by atoms with E-state index in [9.17, 15) is 9.59 Å². The van der Waals surface area contributed by atoms with Gasteiger partial charge in [0.2, 0.25) is 11.8 Å². The van der Waals surface area contributed by atoms with Crippen LogP contribution in [-0.2, 0) is 9.59 Å². The zero-order valence-corrected chi connectivity index (χ0v) is 11.4. The maximum absolute atomic E-state index is 11.7. The molecular formula is C12H14N2O2S2. The SMILES string of the molecule is O=C1CSCCSCC(=O)Nc2ccccc2N1. The number of thioether (sulfide) groups is 2. The van der Waals surface area contributed by atoms with Crippen molar-refractivity contribution in [2.45, 2.75) is 0 Å². The van der Waals surface area contributed by atoms with Crippen LogP contribution in [0.1, 0.15) is 0 Å². The normalized spacial score (nSPS) is 17.8. The number of carbonyl (C=O) groups excluding carboxylic acids is 2. The molecule has 0 unspecified atom stereocenters. The minimum atomic E-state index is -0.0349. The molecule has 0 fully saturated rings. The molecule has 2 N–H and O–H groups in total. The van der Waals surface area contributed by atoms with Crippen molar-refractivity contribution in [3.05, 3.63) is 24.3 Å². The van der Waals surface area contributed by atoms with E-state index < -0.39 is 0 Å². The number of fused-ring (bicyclic) bond motifs is 1. The predicted octanol–water partition coefficient (Wildman–Crippen LogP) is 2.04. The first-order valence-electron chi connectivity index (χ1n) is 5.60. The molecule has 1 aliphatic heterocycles. The summed E-state index contributed by atoms with van der Waals surface area (Å²) >= 11 is 3.17. The third-order valence-electron chi connectivity index (χ3n) is 2.31. The maximum Gasteiger partial charge on any atom is 0.234 e. The van der Waals surface area contributed by atoms with Crippen molar-refractivity contribution in [3.8, 4) is 0 Å². The molecule has 0 saturated carbocycles. The highest BCUT2D eigenvalue weighted by atomic mass is 32.2. The number of amides is 2. The van der Waals surface area contributed by atoms with Crippen molar-refractivity contribution < 1.29 is 9.59 Å². The van der Waals surface area contributed by atoms with Gasteiger partial charge in [-0.15, -0.1) is 0 Å². The average Bonchev–Trinajstić information content (AvgIpc) is 2.34. The number of anilines is 2. The minimum Gasteiger partial charge on any atom is -0.324 e. The number of rotatable bonds is 0. The number of hydrogen-bond acceptors (Lipinski definition) is 4. The van der Waals surface area contributed by atoms with Crippen LogP contribution in [0.25, 0.3) is 0 Å². The van der Waals surface area contributed by atoms with Crippen LogP contribution in [0.2, 0.25) is 0 Å². The highest BCUT2D eigenvalue weighted by molar-refractivity contribution is 8.03. The number of hydrogen-bond donors (Lipinski definition) is 2. The van der Waals surface area contributed by atoms with Crippen molar-refractivity contribution in [1.82, 2.24) is 0 Å². The Hall–Kier alpha value is -1.14. The van der Waals surface area contributed by atoms with E-state index in [2.05, 4.69) is 10.6 Å². The van der Waals surface area contributed by atoms with E-state index in [1.165, 1.54) is 0 Å². The number of para-hydroxylation sites is 2. The minimum absolute atomic E-state index is 0.0349.